The number of nitriles is 1. The van der Waals surface area contributed by atoms with Crippen LogP contribution in [-0.4, -0.2) is 35.7 Å². The van der Waals surface area contributed by atoms with E-state index >= 15 is 0 Å². The lowest BCUT2D eigenvalue weighted by Gasteiger charge is -2.18. The summed E-state index contributed by atoms with van der Waals surface area (Å²) in [6.45, 7) is 4.15. The number of aliphatic carboxylic acids is 1. The normalized spacial score (nSPS) is 13.3. The van der Waals surface area contributed by atoms with E-state index in [1.807, 2.05) is 13.0 Å². The van der Waals surface area contributed by atoms with Crippen LogP contribution < -0.4 is 5.32 Å². The van der Waals surface area contributed by atoms with Crippen molar-refractivity contribution in [2.24, 2.45) is 0 Å². The number of carboxylic acid groups (broad SMARTS) is 1. The fourth-order valence-corrected chi connectivity index (χ4v) is 1.38. The predicted octanol–water partition coefficient (Wildman–Crippen LogP) is 1.45. The fourth-order valence-electron chi connectivity index (χ4n) is 1.38. The highest BCUT2D eigenvalue weighted by atomic mass is 16.5. The minimum Gasteiger partial charge on any atom is -0.481 e. The maximum atomic E-state index is 11.8. The molecule has 0 bridgehead atoms. The van der Waals surface area contributed by atoms with E-state index < -0.39 is 18.0 Å². The SMILES string of the molecule is CCC(C)OC(=O)C(CC(=O)O)NCCCCC#N. The fraction of sp³-hybridized carbons (Fsp3) is 0.769. The van der Waals surface area contributed by atoms with E-state index in [2.05, 4.69) is 5.32 Å². The molecule has 19 heavy (non-hydrogen) atoms. The first-order valence-electron chi connectivity index (χ1n) is 6.53. The molecule has 6 nitrogen and oxygen atoms in total. The topological polar surface area (TPSA) is 99.4 Å². The van der Waals surface area contributed by atoms with Gasteiger partial charge in [-0.15, -0.1) is 0 Å². The first-order valence-corrected chi connectivity index (χ1v) is 6.53. The van der Waals surface area contributed by atoms with Gasteiger partial charge in [-0.1, -0.05) is 6.92 Å². The Labute approximate surface area is 113 Å². The summed E-state index contributed by atoms with van der Waals surface area (Å²) in [5, 5.41) is 20.0. The maximum absolute atomic E-state index is 11.8. The van der Waals surface area contributed by atoms with Gasteiger partial charge in [0.05, 0.1) is 18.6 Å². The Morgan fingerprint density at radius 3 is 2.63 bits per heavy atom. The number of ether oxygens (including phenoxy) is 1. The smallest absolute Gasteiger partial charge is 0.324 e. The number of esters is 1. The third-order valence-corrected chi connectivity index (χ3v) is 2.66. The summed E-state index contributed by atoms with van der Waals surface area (Å²) in [5.74, 6) is -1.58. The van der Waals surface area contributed by atoms with Crippen LogP contribution in [0, 0.1) is 11.3 Å². The maximum Gasteiger partial charge on any atom is 0.324 e. The summed E-state index contributed by atoms with van der Waals surface area (Å²) in [5.41, 5.74) is 0. The van der Waals surface area contributed by atoms with Gasteiger partial charge in [0.25, 0.3) is 0 Å². The summed E-state index contributed by atoms with van der Waals surface area (Å²) in [6.07, 6.45) is 2.08. The molecule has 0 saturated heterocycles. The van der Waals surface area contributed by atoms with E-state index in [4.69, 9.17) is 15.1 Å². The van der Waals surface area contributed by atoms with Gasteiger partial charge in [0.15, 0.2) is 0 Å². The Kier molecular flexibility index (Phi) is 9.45. The van der Waals surface area contributed by atoms with Gasteiger partial charge in [-0.2, -0.15) is 5.26 Å². The first kappa shape index (κ1) is 17.4. The predicted molar refractivity (Wildman–Crippen MR) is 69.4 cm³/mol. The van der Waals surface area contributed by atoms with E-state index in [0.29, 0.717) is 19.4 Å². The average molecular weight is 270 g/mol. The van der Waals surface area contributed by atoms with Crippen LogP contribution in [0.15, 0.2) is 0 Å². The Morgan fingerprint density at radius 1 is 1.42 bits per heavy atom. The van der Waals surface area contributed by atoms with Crippen LogP contribution in [0.1, 0.15) is 46.0 Å². The average Bonchev–Trinajstić information content (AvgIpc) is 2.36. The molecule has 0 amide bonds. The second-order valence-electron chi connectivity index (χ2n) is 4.38. The zero-order valence-corrected chi connectivity index (χ0v) is 11.5. The van der Waals surface area contributed by atoms with E-state index in [9.17, 15) is 9.59 Å². The van der Waals surface area contributed by atoms with Crippen LogP contribution in [0.25, 0.3) is 0 Å². The third kappa shape index (κ3) is 9.03. The van der Waals surface area contributed by atoms with Crippen molar-refractivity contribution in [2.75, 3.05) is 6.54 Å². The number of unbranched alkanes of at least 4 members (excludes halogenated alkanes) is 2. The third-order valence-electron chi connectivity index (χ3n) is 2.66. The Morgan fingerprint density at radius 2 is 2.11 bits per heavy atom. The number of hydrogen-bond donors (Lipinski definition) is 2. The standard InChI is InChI=1S/C13H22N2O4/c1-3-10(2)19-13(18)11(9-12(16)17)15-8-6-4-5-7-14/h10-11,15H,3-6,8-9H2,1-2H3,(H,16,17). The van der Waals surface area contributed by atoms with Crippen molar-refractivity contribution in [1.82, 2.24) is 5.32 Å². The number of hydrogen-bond acceptors (Lipinski definition) is 5. The molecule has 0 aliphatic rings. The van der Waals surface area contributed by atoms with E-state index in [1.54, 1.807) is 6.92 Å². The zero-order valence-electron chi connectivity index (χ0n) is 11.5. The molecule has 0 fully saturated rings. The van der Waals surface area contributed by atoms with Gasteiger partial charge in [-0.25, -0.2) is 0 Å². The molecule has 0 aliphatic heterocycles. The van der Waals surface area contributed by atoms with E-state index in [0.717, 1.165) is 12.8 Å². The highest BCUT2D eigenvalue weighted by molar-refractivity contribution is 5.82. The second kappa shape index (κ2) is 10.3. The van der Waals surface area contributed by atoms with Crippen LogP contribution in [-0.2, 0) is 14.3 Å². The molecule has 2 atom stereocenters. The van der Waals surface area contributed by atoms with Crippen LogP contribution in [0.2, 0.25) is 0 Å². The molecule has 0 saturated carbocycles. The Balaban J connectivity index is 4.18. The monoisotopic (exact) mass is 270 g/mol. The van der Waals surface area contributed by atoms with Gasteiger partial charge in [0, 0.05) is 6.42 Å². The number of nitrogens with one attached hydrogen (secondary N) is 1. The van der Waals surface area contributed by atoms with Crippen LogP contribution in [0.4, 0.5) is 0 Å². The Hall–Kier alpha value is -1.61. The molecule has 0 aromatic carbocycles. The molecule has 2 N–H and O–H groups in total. The van der Waals surface area contributed by atoms with Gasteiger partial charge in [0.2, 0.25) is 0 Å². The molecule has 0 aromatic heterocycles. The molecule has 0 spiro atoms. The second-order valence-corrected chi connectivity index (χ2v) is 4.38. The molecule has 108 valence electrons. The molecule has 0 heterocycles. The first-order chi connectivity index (χ1) is 9.01. The van der Waals surface area contributed by atoms with E-state index in [-0.39, 0.29) is 12.5 Å². The highest BCUT2D eigenvalue weighted by Crippen LogP contribution is 2.03. The van der Waals surface area contributed by atoms with Gasteiger partial charge < -0.3 is 15.2 Å². The minimum atomic E-state index is -1.05. The lowest BCUT2D eigenvalue weighted by atomic mass is 10.2. The van der Waals surface area contributed by atoms with Gasteiger partial charge in [0.1, 0.15) is 6.04 Å². The molecule has 0 aromatic rings. The molecular formula is C13H22N2O4. The van der Waals surface area contributed by atoms with Crippen molar-refractivity contribution in [1.29, 1.82) is 5.26 Å². The lowest BCUT2D eigenvalue weighted by molar-refractivity contribution is -0.154. The summed E-state index contributed by atoms with van der Waals surface area (Å²) >= 11 is 0. The van der Waals surface area contributed by atoms with Crippen molar-refractivity contribution in [3.63, 3.8) is 0 Å². The molecule has 0 radical (unpaired) electrons. The number of rotatable bonds is 10. The summed E-state index contributed by atoms with van der Waals surface area (Å²) < 4.78 is 5.12. The van der Waals surface area contributed by atoms with Gasteiger partial charge in [-0.3, -0.25) is 9.59 Å². The quantitative estimate of drug-likeness (QED) is 0.460. The van der Waals surface area contributed by atoms with Gasteiger partial charge in [-0.05, 0) is 32.7 Å². The molecule has 0 rings (SSSR count). The molecule has 6 heteroatoms. The number of carbonyl (C=O) groups is 2. The lowest BCUT2D eigenvalue weighted by Crippen LogP contribution is -2.41. The van der Waals surface area contributed by atoms with E-state index in [1.165, 1.54) is 0 Å². The van der Waals surface area contributed by atoms with Crippen LogP contribution >= 0.6 is 0 Å². The summed E-state index contributed by atoms with van der Waals surface area (Å²) in [6, 6.07) is 1.21. The van der Waals surface area contributed by atoms with Crippen molar-refractivity contribution >= 4 is 11.9 Å². The summed E-state index contributed by atoms with van der Waals surface area (Å²) in [4.78, 5) is 22.5. The van der Waals surface area contributed by atoms with Crippen molar-refractivity contribution in [3.05, 3.63) is 0 Å². The zero-order chi connectivity index (χ0) is 14.7. The van der Waals surface area contributed by atoms with Crippen LogP contribution in [0.5, 0.6) is 0 Å². The number of nitrogens with zero attached hydrogens (tertiary/aromatic N) is 1. The van der Waals surface area contributed by atoms with Crippen LogP contribution in [0.3, 0.4) is 0 Å². The van der Waals surface area contributed by atoms with Crippen molar-refractivity contribution < 1.29 is 19.4 Å². The minimum absolute atomic E-state index is 0.218. The Bertz CT molecular complexity index is 325. The van der Waals surface area contributed by atoms with Crippen molar-refractivity contribution in [3.8, 4) is 6.07 Å². The molecule has 2 unspecified atom stereocenters. The molecular weight excluding hydrogens is 248 g/mol. The molecule has 0 aliphatic carbocycles. The number of carbonyl (C=O) groups excluding carboxylic acids is 1. The van der Waals surface area contributed by atoms with Gasteiger partial charge >= 0.3 is 11.9 Å². The largest absolute Gasteiger partial charge is 0.481 e. The number of carboxylic acids is 1. The van der Waals surface area contributed by atoms with Crippen molar-refractivity contribution in [2.45, 2.75) is 58.1 Å². The highest BCUT2D eigenvalue weighted by Gasteiger charge is 2.23. The summed E-state index contributed by atoms with van der Waals surface area (Å²) in [7, 11) is 0.